The Hall–Kier alpha value is -1.22. The maximum Gasteiger partial charge on any atom is 0.166 e. The van der Waals surface area contributed by atoms with Crippen molar-refractivity contribution in [2.75, 3.05) is 5.32 Å². The number of amidine groups is 1. The Labute approximate surface area is 101 Å². The number of rotatable bonds is 1. The molecule has 0 saturated carbocycles. The number of benzene rings is 1. The highest BCUT2D eigenvalue weighted by molar-refractivity contribution is 8.17. The van der Waals surface area contributed by atoms with Crippen LogP contribution in [-0.4, -0.2) is 10.7 Å². The standard InChI is InChI=1S/C13H16N2S/c1-9-6-5-7-11(8-9)14-12-15-13(3,4)10(2)16-12/h5-8H,2H2,1,3-4H3,(H,14,15). The van der Waals surface area contributed by atoms with Crippen LogP contribution in [0.1, 0.15) is 19.4 Å². The molecular weight excluding hydrogens is 216 g/mol. The minimum absolute atomic E-state index is 0.156. The van der Waals surface area contributed by atoms with Gasteiger partial charge < -0.3 is 5.32 Å². The average molecular weight is 232 g/mol. The van der Waals surface area contributed by atoms with E-state index in [1.807, 2.05) is 12.1 Å². The molecule has 1 aromatic rings. The summed E-state index contributed by atoms with van der Waals surface area (Å²) in [6.07, 6.45) is 0. The van der Waals surface area contributed by atoms with Crippen LogP contribution < -0.4 is 5.32 Å². The molecule has 0 unspecified atom stereocenters. The van der Waals surface area contributed by atoms with Crippen molar-refractivity contribution in [1.29, 1.82) is 0 Å². The molecule has 1 N–H and O–H groups in total. The van der Waals surface area contributed by atoms with Crippen LogP contribution in [-0.2, 0) is 0 Å². The van der Waals surface area contributed by atoms with E-state index in [1.165, 1.54) is 5.56 Å². The van der Waals surface area contributed by atoms with Crippen LogP contribution in [0.25, 0.3) is 0 Å². The Kier molecular flexibility index (Phi) is 2.80. The van der Waals surface area contributed by atoms with Gasteiger partial charge in [-0.2, -0.15) is 0 Å². The Balaban J connectivity index is 2.16. The third-order valence-electron chi connectivity index (χ3n) is 2.55. The van der Waals surface area contributed by atoms with Crippen LogP contribution >= 0.6 is 11.8 Å². The van der Waals surface area contributed by atoms with Crippen molar-refractivity contribution < 1.29 is 0 Å². The second kappa shape index (κ2) is 3.98. The summed E-state index contributed by atoms with van der Waals surface area (Å²) in [6.45, 7) is 10.3. The van der Waals surface area contributed by atoms with Crippen molar-refractivity contribution in [3.05, 3.63) is 41.3 Å². The second-order valence-corrected chi connectivity index (χ2v) is 5.58. The molecule has 0 radical (unpaired) electrons. The first kappa shape index (κ1) is 11.3. The molecule has 1 aliphatic rings. The van der Waals surface area contributed by atoms with Gasteiger partial charge in [-0.3, -0.25) is 4.99 Å². The van der Waals surface area contributed by atoms with Crippen molar-refractivity contribution >= 4 is 22.6 Å². The molecule has 84 valence electrons. The maximum atomic E-state index is 4.60. The zero-order valence-corrected chi connectivity index (χ0v) is 10.7. The number of anilines is 1. The summed E-state index contributed by atoms with van der Waals surface area (Å²) in [5.74, 6) is 0. The third-order valence-corrected chi connectivity index (χ3v) is 3.69. The highest BCUT2D eigenvalue weighted by Crippen LogP contribution is 2.37. The van der Waals surface area contributed by atoms with Crippen molar-refractivity contribution in [3.8, 4) is 0 Å². The number of aryl methyl sites for hydroxylation is 1. The van der Waals surface area contributed by atoms with Gasteiger partial charge in [-0.05, 0) is 38.5 Å². The van der Waals surface area contributed by atoms with Gasteiger partial charge in [-0.15, -0.1) is 0 Å². The van der Waals surface area contributed by atoms with Gasteiger partial charge in [0.1, 0.15) is 0 Å². The maximum absolute atomic E-state index is 4.60. The molecule has 0 aliphatic carbocycles. The molecular formula is C13H16N2S. The summed E-state index contributed by atoms with van der Waals surface area (Å²) < 4.78 is 0. The van der Waals surface area contributed by atoms with E-state index in [0.29, 0.717) is 0 Å². The number of hydrogen-bond acceptors (Lipinski definition) is 3. The molecule has 0 bridgehead atoms. The zero-order chi connectivity index (χ0) is 11.8. The molecule has 0 fully saturated rings. The number of nitrogens with one attached hydrogen (secondary N) is 1. The number of thioether (sulfide) groups is 1. The Bertz CT molecular complexity index is 461. The van der Waals surface area contributed by atoms with Gasteiger partial charge in [0.25, 0.3) is 0 Å². The van der Waals surface area contributed by atoms with Gasteiger partial charge in [-0.1, -0.05) is 30.5 Å². The van der Waals surface area contributed by atoms with Crippen LogP contribution in [0.4, 0.5) is 5.69 Å². The quantitative estimate of drug-likeness (QED) is 0.796. The SMILES string of the molecule is C=C1SC(Nc2cccc(C)c2)=NC1(C)C. The molecule has 2 rings (SSSR count). The first-order chi connectivity index (χ1) is 7.47. The summed E-state index contributed by atoms with van der Waals surface area (Å²) in [4.78, 5) is 5.68. The van der Waals surface area contributed by atoms with Crippen LogP contribution in [0.2, 0.25) is 0 Å². The molecule has 1 aliphatic heterocycles. The fourth-order valence-corrected chi connectivity index (χ4v) is 2.45. The molecule has 1 aromatic carbocycles. The monoisotopic (exact) mass is 232 g/mol. The third kappa shape index (κ3) is 2.30. The van der Waals surface area contributed by atoms with Crippen molar-refractivity contribution in [2.24, 2.45) is 4.99 Å². The number of hydrogen-bond donors (Lipinski definition) is 1. The normalized spacial score (nSPS) is 18.4. The molecule has 0 saturated heterocycles. The van der Waals surface area contributed by atoms with Gasteiger partial charge in [0.05, 0.1) is 5.54 Å². The van der Waals surface area contributed by atoms with E-state index in [-0.39, 0.29) is 5.54 Å². The van der Waals surface area contributed by atoms with E-state index in [2.05, 4.69) is 49.8 Å². The summed E-state index contributed by atoms with van der Waals surface area (Å²) in [6, 6.07) is 8.27. The van der Waals surface area contributed by atoms with Gasteiger partial charge >= 0.3 is 0 Å². The van der Waals surface area contributed by atoms with Gasteiger partial charge in [-0.25, -0.2) is 0 Å². The first-order valence-electron chi connectivity index (χ1n) is 5.28. The lowest BCUT2D eigenvalue weighted by Gasteiger charge is -2.12. The lowest BCUT2D eigenvalue weighted by molar-refractivity contribution is 0.657. The van der Waals surface area contributed by atoms with Crippen LogP contribution in [0.5, 0.6) is 0 Å². The van der Waals surface area contributed by atoms with E-state index in [4.69, 9.17) is 0 Å². The lowest BCUT2D eigenvalue weighted by atomic mass is 10.1. The number of nitrogens with zero attached hydrogens (tertiary/aromatic N) is 1. The van der Waals surface area contributed by atoms with E-state index in [1.54, 1.807) is 11.8 Å². The Morgan fingerprint density at radius 1 is 1.38 bits per heavy atom. The molecule has 3 heteroatoms. The summed E-state index contributed by atoms with van der Waals surface area (Å²) >= 11 is 1.62. The summed E-state index contributed by atoms with van der Waals surface area (Å²) in [5.41, 5.74) is 2.17. The van der Waals surface area contributed by atoms with Crippen molar-refractivity contribution in [3.63, 3.8) is 0 Å². The Morgan fingerprint density at radius 3 is 2.69 bits per heavy atom. The number of aliphatic imine (C=N–C) groups is 1. The molecule has 16 heavy (non-hydrogen) atoms. The highest BCUT2D eigenvalue weighted by atomic mass is 32.2. The van der Waals surface area contributed by atoms with Crippen molar-refractivity contribution in [2.45, 2.75) is 26.3 Å². The summed E-state index contributed by atoms with van der Waals surface area (Å²) in [5, 5.41) is 4.25. The zero-order valence-electron chi connectivity index (χ0n) is 9.87. The van der Waals surface area contributed by atoms with Gasteiger partial charge in [0, 0.05) is 10.6 Å². The predicted molar refractivity (Wildman–Crippen MR) is 73.0 cm³/mol. The Morgan fingerprint density at radius 2 is 2.12 bits per heavy atom. The molecule has 0 aromatic heterocycles. The molecule has 1 heterocycles. The van der Waals surface area contributed by atoms with Gasteiger partial charge in [0.2, 0.25) is 0 Å². The van der Waals surface area contributed by atoms with Crippen LogP contribution in [0.3, 0.4) is 0 Å². The molecule has 0 spiro atoms. The van der Waals surface area contributed by atoms with E-state index in [9.17, 15) is 0 Å². The second-order valence-electron chi connectivity index (χ2n) is 4.50. The van der Waals surface area contributed by atoms with Crippen LogP contribution in [0.15, 0.2) is 40.7 Å². The molecule has 0 atom stereocenters. The largest absolute Gasteiger partial charge is 0.335 e. The lowest BCUT2D eigenvalue weighted by Crippen LogP contribution is -2.13. The smallest absolute Gasteiger partial charge is 0.166 e. The van der Waals surface area contributed by atoms with E-state index < -0.39 is 0 Å². The van der Waals surface area contributed by atoms with Crippen molar-refractivity contribution in [1.82, 2.24) is 0 Å². The minimum atomic E-state index is -0.156. The molecule has 2 nitrogen and oxygen atoms in total. The fraction of sp³-hybridized carbons (Fsp3) is 0.308. The van der Waals surface area contributed by atoms with Crippen LogP contribution in [0, 0.1) is 6.92 Å². The minimum Gasteiger partial charge on any atom is -0.335 e. The fourth-order valence-electron chi connectivity index (χ4n) is 1.48. The summed E-state index contributed by atoms with van der Waals surface area (Å²) in [7, 11) is 0. The van der Waals surface area contributed by atoms with E-state index >= 15 is 0 Å². The highest BCUT2D eigenvalue weighted by Gasteiger charge is 2.29. The van der Waals surface area contributed by atoms with Gasteiger partial charge in [0.15, 0.2) is 5.17 Å². The van der Waals surface area contributed by atoms with E-state index in [0.717, 1.165) is 15.8 Å². The first-order valence-corrected chi connectivity index (χ1v) is 6.10. The molecule has 0 amide bonds. The average Bonchev–Trinajstić information content (AvgIpc) is 2.40. The topological polar surface area (TPSA) is 24.4 Å². The predicted octanol–water partition coefficient (Wildman–Crippen LogP) is 3.80.